The highest BCUT2D eigenvalue weighted by atomic mass is 35.5. The van der Waals surface area contributed by atoms with E-state index in [9.17, 15) is 0 Å². The zero-order chi connectivity index (χ0) is 15.2. The minimum Gasteiger partial charge on any atom is -0.494 e. The highest BCUT2D eigenvalue weighted by Gasteiger charge is 2.06. The fourth-order valence-electron chi connectivity index (χ4n) is 1.91. The van der Waals surface area contributed by atoms with Crippen molar-refractivity contribution in [2.24, 2.45) is 0 Å². The number of alkyl halides is 1. The van der Waals surface area contributed by atoms with Crippen molar-refractivity contribution in [1.82, 2.24) is 9.97 Å². The predicted molar refractivity (Wildman–Crippen MR) is 83.8 cm³/mol. The van der Waals surface area contributed by atoms with E-state index in [2.05, 4.69) is 15.3 Å². The molecule has 0 bridgehead atoms. The van der Waals surface area contributed by atoms with Gasteiger partial charge in [-0.3, -0.25) is 0 Å². The number of ether oxygens (including phenoxy) is 2. The third-order valence-electron chi connectivity index (χ3n) is 2.80. The highest BCUT2D eigenvalue weighted by Crippen LogP contribution is 2.26. The minimum atomic E-state index is 0.386. The molecule has 0 spiro atoms. The van der Waals surface area contributed by atoms with Crippen molar-refractivity contribution in [3.8, 4) is 11.6 Å². The van der Waals surface area contributed by atoms with E-state index < -0.39 is 0 Å². The first-order chi connectivity index (χ1) is 10.2. The van der Waals surface area contributed by atoms with Gasteiger partial charge < -0.3 is 14.8 Å². The molecule has 5 nitrogen and oxygen atoms in total. The molecule has 1 heterocycles. The van der Waals surface area contributed by atoms with Gasteiger partial charge >= 0.3 is 0 Å². The standard InChI is InChI=1S/C15H18ClN3O2/c1-4-21-13-6-5-12(7-11(13)9-16)19-14-8-15(20-3)18-10(2)17-14/h5-8H,4,9H2,1-3H3,(H,17,18,19). The quantitative estimate of drug-likeness (QED) is 0.825. The van der Waals surface area contributed by atoms with Crippen LogP contribution in [0.1, 0.15) is 18.3 Å². The third-order valence-corrected chi connectivity index (χ3v) is 3.09. The fourth-order valence-corrected chi connectivity index (χ4v) is 2.12. The van der Waals surface area contributed by atoms with Crippen LogP contribution in [0.25, 0.3) is 0 Å². The van der Waals surface area contributed by atoms with Gasteiger partial charge in [-0.1, -0.05) is 0 Å². The first kappa shape index (κ1) is 15.4. The summed E-state index contributed by atoms with van der Waals surface area (Å²) in [6.45, 7) is 4.37. The van der Waals surface area contributed by atoms with Gasteiger partial charge in [-0.05, 0) is 32.0 Å². The number of aromatic nitrogens is 2. The molecule has 0 atom stereocenters. The third kappa shape index (κ3) is 3.98. The van der Waals surface area contributed by atoms with Crippen LogP contribution in [-0.2, 0) is 5.88 Å². The smallest absolute Gasteiger partial charge is 0.218 e. The molecule has 0 aliphatic rings. The molecule has 0 radical (unpaired) electrons. The maximum Gasteiger partial charge on any atom is 0.218 e. The molecule has 1 N–H and O–H groups in total. The summed E-state index contributed by atoms with van der Waals surface area (Å²) in [6, 6.07) is 7.51. The molecular formula is C15H18ClN3O2. The van der Waals surface area contributed by atoms with Crippen LogP contribution < -0.4 is 14.8 Å². The van der Waals surface area contributed by atoms with Crippen LogP contribution in [0.4, 0.5) is 11.5 Å². The molecule has 0 aliphatic carbocycles. The lowest BCUT2D eigenvalue weighted by molar-refractivity contribution is 0.337. The van der Waals surface area contributed by atoms with Crippen LogP contribution >= 0.6 is 11.6 Å². The SMILES string of the molecule is CCOc1ccc(Nc2cc(OC)nc(C)n2)cc1CCl. The monoisotopic (exact) mass is 307 g/mol. The minimum absolute atomic E-state index is 0.386. The Bertz CT molecular complexity index is 620. The molecule has 21 heavy (non-hydrogen) atoms. The van der Waals surface area contributed by atoms with Crippen LogP contribution in [0, 0.1) is 6.92 Å². The van der Waals surface area contributed by atoms with Gasteiger partial charge in [0, 0.05) is 17.3 Å². The number of aryl methyl sites for hydroxylation is 1. The summed E-state index contributed by atoms with van der Waals surface area (Å²) < 4.78 is 10.7. The van der Waals surface area contributed by atoms with Gasteiger partial charge in [0.2, 0.25) is 5.88 Å². The maximum atomic E-state index is 5.96. The van der Waals surface area contributed by atoms with Gasteiger partial charge in [0.25, 0.3) is 0 Å². The van der Waals surface area contributed by atoms with Crippen LogP contribution in [0.3, 0.4) is 0 Å². The Labute approximate surface area is 129 Å². The molecule has 0 saturated carbocycles. The number of methoxy groups -OCH3 is 1. The fraction of sp³-hybridized carbons (Fsp3) is 0.333. The van der Waals surface area contributed by atoms with Gasteiger partial charge in [-0.2, -0.15) is 4.98 Å². The molecule has 0 fully saturated rings. The normalized spacial score (nSPS) is 10.3. The largest absolute Gasteiger partial charge is 0.494 e. The molecule has 6 heteroatoms. The summed E-state index contributed by atoms with van der Waals surface area (Å²) in [6.07, 6.45) is 0. The number of anilines is 2. The van der Waals surface area contributed by atoms with Crippen molar-refractivity contribution in [3.05, 3.63) is 35.7 Å². The molecule has 2 rings (SSSR count). The van der Waals surface area contributed by atoms with E-state index in [0.717, 1.165) is 17.0 Å². The van der Waals surface area contributed by atoms with E-state index in [4.69, 9.17) is 21.1 Å². The van der Waals surface area contributed by atoms with E-state index in [1.165, 1.54) is 0 Å². The van der Waals surface area contributed by atoms with Crippen LogP contribution in [0.2, 0.25) is 0 Å². The van der Waals surface area contributed by atoms with E-state index in [0.29, 0.717) is 30.0 Å². The molecule has 112 valence electrons. The van der Waals surface area contributed by atoms with Crippen molar-refractivity contribution < 1.29 is 9.47 Å². The van der Waals surface area contributed by atoms with Crippen molar-refractivity contribution in [2.75, 3.05) is 19.0 Å². The topological polar surface area (TPSA) is 56.3 Å². The molecular weight excluding hydrogens is 290 g/mol. The van der Waals surface area contributed by atoms with Crippen molar-refractivity contribution >= 4 is 23.1 Å². The van der Waals surface area contributed by atoms with E-state index in [1.54, 1.807) is 13.2 Å². The van der Waals surface area contributed by atoms with Crippen LogP contribution in [0.5, 0.6) is 11.6 Å². The Morgan fingerprint density at radius 1 is 1.24 bits per heavy atom. The Hall–Kier alpha value is -2.01. The van der Waals surface area contributed by atoms with Gasteiger partial charge in [0.15, 0.2) is 0 Å². The van der Waals surface area contributed by atoms with Crippen LogP contribution in [-0.4, -0.2) is 23.7 Å². The molecule has 1 aromatic heterocycles. The predicted octanol–water partition coefficient (Wildman–Crippen LogP) is 3.67. The summed E-state index contributed by atoms with van der Waals surface area (Å²) in [5, 5.41) is 3.22. The lowest BCUT2D eigenvalue weighted by Gasteiger charge is -2.12. The van der Waals surface area contributed by atoms with E-state index in [-0.39, 0.29) is 0 Å². The van der Waals surface area contributed by atoms with Crippen LogP contribution in [0.15, 0.2) is 24.3 Å². The summed E-state index contributed by atoms with van der Waals surface area (Å²) in [7, 11) is 1.58. The van der Waals surface area contributed by atoms with Gasteiger partial charge in [-0.15, -0.1) is 11.6 Å². The van der Waals surface area contributed by atoms with E-state index >= 15 is 0 Å². The molecule has 0 saturated heterocycles. The molecule has 0 amide bonds. The number of hydrogen-bond acceptors (Lipinski definition) is 5. The molecule has 0 aliphatic heterocycles. The Kier molecular flexibility index (Phi) is 5.22. The van der Waals surface area contributed by atoms with Gasteiger partial charge in [0.05, 0.1) is 19.6 Å². The first-order valence-corrected chi connectivity index (χ1v) is 7.18. The number of nitrogens with zero attached hydrogens (tertiary/aromatic N) is 2. The summed E-state index contributed by atoms with van der Waals surface area (Å²) in [5.74, 6) is 3.02. The Morgan fingerprint density at radius 2 is 2.05 bits per heavy atom. The number of benzene rings is 1. The average Bonchev–Trinajstić information content (AvgIpc) is 2.48. The van der Waals surface area contributed by atoms with Crippen molar-refractivity contribution in [3.63, 3.8) is 0 Å². The maximum absolute atomic E-state index is 5.96. The zero-order valence-electron chi connectivity index (χ0n) is 12.3. The number of nitrogens with one attached hydrogen (secondary N) is 1. The molecule has 2 aromatic rings. The molecule has 0 unspecified atom stereocenters. The Morgan fingerprint density at radius 3 is 2.71 bits per heavy atom. The second-order valence-corrected chi connectivity index (χ2v) is 4.62. The van der Waals surface area contributed by atoms with Crippen molar-refractivity contribution in [2.45, 2.75) is 19.7 Å². The van der Waals surface area contributed by atoms with Crippen molar-refractivity contribution in [1.29, 1.82) is 0 Å². The summed E-state index contributed by atoms with van der Waals surface area (Å²) in [5.41, 5.74) is 1.82. The lowest BCUT2D eigenvalue weighted by atomic mass is 10.2. The lowest BCUT2D eigenvalue weighted by Crippen LogP contribution is -2.01. The zero-order valence-corrected chi connectivity index (χ0v) is 13.1. The number of hydrogen-bond donors (Lipinski definition) is 1. The number of rotatable bonds is 6. The summed E-state index contributed by atoms with van der Waals surface area (Å²) >= 11 is 5.96. The Balaban J connectivity index is 2.25. The van der Waals surface area contributed by atoms with Gasteiger partial charge in [0.1, 0.15) is 17.4 Å². The number of halogens is 1. The average molecular weight is 308 g/mol. The second-order valence-electron chi connectivity index (χ2n) is 4.36. The second kappa shape index (κ2) is 7.13. The highest BCUT2D eigenvalue weighted by molar-refractivity contribution is 6.17. The van der Waals surface area contributed by atoms with E-state index in [1.807, 2.05) is 32.0 Å². The van der Waals surface area contributed by atoms with Gasteiger partial charge in [-0.25, -0.2) is 4.98 Å². The summed E-state index contributed by atoms with van der Waals surface area (Å²) in [4.78, 5) is 8.48. The molecule has 1 aromatic carbocycles. The first-order valence-electron chi connectivity index (χ1n) is 6.64.